The van der Waals surface area contributed by atoms with Crippen molar-refractivity contribution in [3.63, 3.8) is 0 Å². The van der Waals surface area contributed by atoms with Gasteiger partial charge in [0.1, 0.15) is 5.75 Å². The second-order valence-electron chi connectivity index (χ2n) is 6.02. The lowest BCUT2D eigenvalue weighted by Crippen LogP contribution is -2.51. The third-order valence-corrected chi connectivity index (χ3v) is 5.13. The van der Waals surface area contributed by atoms with Crippen molar-refractivity contribution in [2.45, 2.75) is 6.92 Å². The van der Waals surface area contributed by atoms with Crippen LogP contribution in [0.25, 0.3) is 0 Å². The van der Waals surface area contributed by atoms with Gasteiger partial charge in [0, 0.05) is 31.7 Å². The summed E-state index contributed by atoms with van der Waals surface area (Å²) in [5.41, 5.74) is 0.607. The number of ketones is 1. The highest BCUT2D eigenvalue weighted by Gasteiger charge is 2.25. The summed E-state index contributed by atoms with van der Waals surface area (Å²) in [7, 11) is 0. The SMILES string of the molecule is CC(=O)c1ccc(OCC(=O)N2CCN(C(=O)c3cccs3)CC2)cc1. The van der Waals surface area contributed by atoms with Gasteiger partial charge in [0.15, 0.2) is 12.4 Å². The molecule has 7 heteroatoms. The molecule has 2 heterocycles. The van der Waals surface area contributed by atoms with E-state index in [9.17, 15) is 14.4 Å². The topological polar surface area (TPSA) is 66.9 Å². The van der Waals surface area contributed by atoms with Crippen molar-refractivity contribution in [3.05, 3.63) is 52.2 Å². The first-order valence-electron chi connectivity index (χ1n) is 8.39. The van der Waals surface area contributed by atoms with Gasteiger partial charge < -0.3 is 14.5 Å². The molecule has 1 aliphatic rings. The van der Waals surface area contributed by atoms with Crippen LogP contribution in [0.2, 0.25) is 0 Å². The van der Waals surface area contributed by atoms with Gasteiger partial charge >= 0.3 is 0 Å². The lowest BCUT2D eigenvalue weighted by molar-refractivity contribution is -0.134. The Morgan fingerprint density at radius 2 is 1.65 bits per heavy atom. The Bertz CT molecular complexity index is 778. The molecule has 1 saturated heterocycles. The zero-order valence-electron chi connectivity index (χ0n) is 14.5. The van der Waals surface area contributed by atoms with Gasteiger partial charge in [0.2, 0.25) is 0 Å². The number of amides is 2. The Hall–Kier alpha value is -2.67. The standard InChI is InChI=1S/C19H20N2O4S/c1-14(22)15-4-6-16(7-5-15)25-13-18(23)20-8-10-21(11-9-20)19(24)17-3-2-12-26-17/h2-7,12H,8-11,13H2,1H3. The van der Waals surface area contributed by atoms with E-state index >= 15 is 0 Å². The zero-order valence-corrected chi connectivity index (χ0v) is 15.3. The van der Waals surface area contributed by atoms with Crippen molar-refractivity contribution in [1.82, 2.24) is 9.80 Å². The Kier molecular flexibility index (Phi) is 5.68. The molecule has 0 atom stereocenters. The lowest BCUT2D eigenvalue weighted by atomic mass is 10.1. The Balaban J connectivity index is 1.46. The van der Waals surface area contributed by atoms with Gasteiger partial charge in [-0.1, -0.05) is 6.07 Å². The molecule has 0 aliphatic carbocycles. The summed E-state index contributed by atoms with van der Waals surface area (Å²) in [5, 5.41) is 1.88. The Morgan fingerprint density at radius 1 is 1.00 bits per heavy atom. The van der Waals surface area contributed by atoms with Crippen molar-refractivity contribution in [1.29, 1.82) is 0 Å². The monoisotopic (exact) mass is 372 g/mol. The molecular formula is C19H20N2O4S. The summed E-state index contributed by atoms with van der Waals surface area (Å²) in [4.78, 5) is 40.1. The van der Waals surface area contributed by atoms with Gasteiger partial charge in [-0.15, -0.1) is 11.3 Å². The van der Waals surface area contributed by atoms with Crippen LogP contribution in [-0.4, -0.2) is 60.2 Å². The van der Waals surface area contributed by atoms with Crippen molar-refractivity contribution < 1.29 is 19.1 Å². The van der Waals surface area contributed by atoms with E-state index in [1.54, 1.807) is 34.1 Å². The van der Waals surface area contributed by atoms with E-state index in [-0.39, 0.29) is 24.2 Å². The molecule has 2 aromatic rings. The van der Waals surface area contributed by atoms with Crippen LogP contribution in [0, 0.1) is 0 Å². The first-order chi connectivity index (χ1) is 12.5. The number of hydrogen-bond donors (Lipinski definition) is 0. The highest BCUT2D eigenvalue weighted by molar-refractivity contribution is 7.12. The zero-order chi connectivity index (χ0) is 18.5. The molecule has 1 fully saturated rings. The molecule has 26 heavy (non-hydrogen) atoms. The van der Waals surface area contributed by atoms with E-state index in [1.165, 1.54) is 18.3 Å². The third kappa shape index (κ3) is 4.29. The summed E-state index contributed by atoms with van der Waals surface area (Å²) >= 11 is 1.43. The van der Waals surface area contributed by atoms with Crippen molar-refractivity contribution >= 4 is 28.9 Å². The van der Waals surface area contributed by atoms with E-state index in [0.717, 1.165) is 4.88 Å². The molecule has 1 aliphatic heterocycles. The molecule has 0 N–H and O–H groups in total. The summed E-state index contributed by atoms with van der Waals surface area (Å²) in [6, 6.07) is 10.4. The van der Waals surface area contributed by atoms with Gasteiger partial charge in [0.25, 0.3) is 11.8 Å². The van der Waals surface area contributed by atoms with Gasteiger partial charge in [-0.2, -0.15) is 0 Å². The lowest BCUT2D eigenvalue weighted by Gasteiger charge is -2.34. The number of rotatable bonds is 5. The largest absolute Gasteiger partial charge is 0.484 e. The number of hydrogen-bond acceptors (Lipinski definition) is 5. The van der Waals surface area contributed by atoms with E-state index in [2.05, 4.69) is 0 Å². The summed E-state index contributed by atoms with van der Waals surface area (Å²) in [6.07, 6.45) is 0. The summed E-state index contributed by atoms with van der Waals surface area (Å²) < 4.78 is 5.51. The number of thiophene rings is 1. The number of piperazine rings is 1. The predicted octanol–water partition coefficient (Wildman–Crippen LogP) is 2.31. The molecule has 2 amide bonds. The number of Topliss-reactive ketones (excluding diaryl/α,β-unsaturated/α-hetero) is 1. The van der Waals surface area contributed by atoms with Crippen LogP contribution in [0.15, 0.2) is 41.8 Å². The van der Waals surface area contributed by atoms with Crippen LogP contribution >= 0.6 is 11.3 Å². The molecule has 0 unspecified atom stereocenters. The van der Waals surface area contributed by atoms with Crippen LogP contribution in [0.5, 0.6) is 5.75 Å². The highest BCUT2D eigenvalue weighted by atomic mass is 32.1. The quantitative estimate of drug-likeness (QED) is 0.756. The smallest absolute Gasteiger partial charge is 0.264 e. The number of carbonyl (C=O) groups is 3. The molecule has 136 valence electrons. The molecule has 1 aromatic carbocycles. The van der Waals surface area contributed by atoms with E-state index in [1.807, 2.05) is 17.5 Å². The first-order valence-corrected chi connectivity index (χ1v) is 9.27. The maximum absolute atomic E-state index is 12.3. The van der Waals surface area contributed by atoms with E-state index in [0.29, 0.717) is 37.5 Å². The average Bonchev–Trinajstić information content (AvgIpc) is 3.20. The van der Waals surface area contributed by atoms with Gasteiger partial charge in [-0.05, 0) is 42.6 Å². The van der Waals surface area contributed by atoms with E-state index in [4.69, 9.17) is 4.74 Å². The second kappa shape index (κ2) is 8.14. The average molecular weight is 372 g/mol. The fraction of sp³-hybridized carbons (Fsp3) is 0.316. The highest BCUT2D eigenvalue weighted by Crippen LogP contribution is 2.15. The van der Waals surface area contributed by atoms with Crippen LogP contribution in [0.4, 0.5) is 0 Å². The predicted molar refractivity (Wildman–Crippen MR) is 98.7 cm³/mol. The van der Waals surface area contributed by atoms with E-state index < -0.39 is 0 Å². The fourth-order valence-corrected chi connectivity index (χ4v) is 3.43. The normalized spacial score (nSPS) is 14.2. The maximum Gasteiger partial charge on any atom is 0.264 e. The minimum absolute atomic E-state index is 0.0115. The minimum atomic E-state index is -0.108. The molecule has 0 saturated carbocycles. The summed E-state index contributed by atoms with van der Waals surface area (Å²) in [6.45, 7) is 3.50. The molecule has 0 spiro atoms. The molecule has 3 rings (SSSR count). The number of ether oxygens (including phenoxy) is 1. The molecule has 6 nitrogen and oxygen atoms in total. The molecule has 1 aromatic heterocycles. The van der Waals surface area contributed by atoms with Crippen LogP contribution in [-0.2, 0) is 4.79 Å². The minimum Gasteiger partial charge on any atom is -0.484 e. The first kappa shape index (κ1) is 18.1. The number of benzene rings is 1. The Morgan fingerprint density at radius 3 is 2.23 bits per heavy atom. The van der Waals surface area contributed by atoms with Crippen molar-refractivity contribution in [2.24, 2.45) is 0 Å². The molecular weight excluding hydrogens is 352 g/mol. The third-order valence-electron chi connectivity index (χ3n) is 4.27. The molecule has 0 radical (unpaired) electrons. The number of carbonyl (C=O) groups excluding carboxylic acids is 3. The second-order valence-corrected chi connectivity index (χ2v) is 6.97. The molecule has 0 bridgehead atoms. The Labute approximate surface area is 156 Å². The van der Waals surface area contributed by atoms with Gasteiger partial charge in [-0.25, -0.2) is 0 Å². The fourth-order valence-electron chi connectivity index (χ4n) is 2.74. The van der Waals surface area contributed by atoms with Crippen molar-refractivity contribution in [2.75, 3.05) is 32.8 Å². The van der Waals surface area contributed by atoms with Crippen LogP contribution < -0.4 is 4.74 Å². The van der Waals surface area contributed by atoms with Gasteiger partial charge in [-0.3, -0.25) is 14.4 Å². The summed E-state index contributed by atoms with van der Waals surface area (Å²) in [5.74, 6) is 0.454. The van der Waals surface area contributed by atoms with Gasteiger partial charge in [0.05, 0.1) is 4.88 Å². The number of nitrogens with zero attached hydrogens (tertiary/aromatic N) is 2. The maximum atomic E-state index is 12.3. The van der Waals surface area contributed by atoms with Crippen LogP contribution in [0.3, 0.4) is 0 Å². The van der Waals surface area contributed by atoms with Crippen LogP contribution in [0.1, 0.15) is 27.0 Å². The van der Waals surface area contributed by atoms with Crippen molar-refractivity contribution in [3.8, 4) is 5.75 Å².